The van der Waals surface area contributed by atoms with Crippen LogP contribution in [0, 0.1) is 0 Å². The Morgan fingerprint density at radius 1 is 1.56 bits per heavy atom. The third-order valence-electron chi connectivity index (χ3n) is 2.82. The number of ether oxygens (including phenoxy) is 1. The lowest BCUT2D eigenvalue weighted by Gasteiger charge is -2.23. The van der Waals surface area contributed by atoms with Crippen molar-refractivity contribution in [1.29, 1.82) is 0 Å². The van der Waals surface area contributed by atoms with Crippen LogP contribution in [-0.2, 0) is 6.42 Å². The van der Waals surface area contributed by atoms with Gasteiger partial charge in [0.2, 0.25) is 0 Å². The molecule has 1 aliphatic rings. The Morgan fingerprint density at radius 3 is 3.12 bits per heavy atom. The standard InChI is InChI=1S/C13H15BrO2/c1-9(14)8-16-13-7-3-4-10-11(13)5-2-6-12(10)15/h3-4,7,12,15H,1-2,5-6,8H2. The van der Waals surface area contributed by atoms with E-state index in [4.69, 9.17) is 4.74 Å². The van der Waals surface area contributed by atoms with E-state index < -0.39 is 0 Å². The zero-order valence-electron chi connectivity index (χ0n) is 9.08. The number of aliphatic hydroxyl groups excluding tert-OH is 1. The van der Waals surface area contributed by atoms with Crippen LogP contribution in [0.15, 0.2) is 29.3 Å². The van der Waals surface area contributed by atoms with Gasteiger partial charge in [-0.15, -0.1) is 0 Å². The molecule has 0 radical (unpaired) electrons. The summed E-state index contributed by atoms with van der Waals surface area (Å²) in [6, 6.07) is 5.86. The van der Waals surface area contributed by atoms with Crippen molar-refractivity contribution in [2.75, 3.05) is 6.61 Å². The first-order valence-corrected chi connectivity index (χ1v) is 6.23. The molecule has 3 heteroatoms. The summed E-state index contributed by atoms with van der Waals surface area (Å²) in [5.74, 6) is 0.872. The van der Waals surface area contributed by atoms with Crippen molar-refractivity contribution in [3.05, 3.63) is 40.4 Å². The van der Waals surface area contributed by atoms with E-state index >= 15 is 0 Å². The second-order valence-electron chi connectivity index (χ2n) is 4.04. The fraction of sp³-hybridized carbons (Fsp3) is 0.385. The van der Waals surface area contributed by atoms with Crippen LogP contribution in [0.25, 0.3) is 0 Å². The minimum Gasteiger partial charge on any atom is -0.488 e. The molecule has 0 bridgehead atoms. The van der Waals surface area contributed by atoms with Crippen LogP contribution in [0.3, 0.4) is 0 Å². The summed E-state index contributed by atoms with van der Waals surface area (Å²) in [6.07, 6.45) is 2.52. The van der Waals surface area contributed by atoms with Crippen LogP contribution in [0.4, 0.5) is 0 Å². The summed E-state index contributed by atoms with van der Waals surface area (Å²) in [4.78, 5) is 0. The Balaban J connectivity index is 2.25. The lowest BCUT2D eigenvalue weighted by Crippen LogP contribution is -2.11. The zero-order valence-corrected chi connectivity index (χ0v) is 10.7. The Morgan fingerprint density at radius 2 is 2.38 bits per heavy atom. The van der Waals surface area contributed by atoms with Crippen LogP contribution >= 0.6 is 15.9 Å². The number of benzene rings is 1. The van der Waals surface area contributed by atoms with Gasteiger partial charge in [0, 0.05) is 4.48 Å². The molecule has 2 rings (SSSR count). The molecule has 1 aliphatic carbocycles. The fourth-order valence-electron chi connectivity index (χ4n) is 2.08. The first kappa shape index (κ1) is 11.7. The molecule has 0 saturated heterocycles. The van der Waals surface area contributed by atoms with Crippen molar-refractivity contribution in [3.8, 4) is 5.75 Å². The van der Waals surface area contributed by atoms with Gasteiger partial charge in [0.05, 0.1) is 6.10 Å². The van der Waals surface area contributed by atoms with Crippen molar-refractivity contribution in [2.45, 2.75) is 25.4 Å². The van der Waals surface area contributed by atoms with Crippen molar-refractivity contribution >= 4 is 15.9 Å². The first-order valence-electron chi connectivity index (χ1n) is 5.44. The smallest absolute Gasteiger partial charge is 0.123 e. The maximum absolute atomic E-state index is 9.88. The normalized spacial score (nSPS) is 19.0. The van der Waals surface area contributed by atoms with Gasteiger partial charge in [-0.25, -0.2) is 0 Å². The number of rotatable bonds is 3. The van der Waals surface area contributed by atoms with Crippen LogP contribution in [0.1, 0.15) is 30.1 Å². The van der Waals surface area contributed by atoms with E-state index in [0.717, 1.165) is 40.6 Å². The summed E-state index contributed by atoms with van der Waals surface area (Å²) in [5.41, 5.74) is 2.17. The van der Waals surface area contributed by atoms with Gasteiger partial charge in [-0.3, -0.25) is 0 Å². The molecule has 16 heavy (non-hydrogen) atoms. The van der Waals surface area contributed by atoms with E-state index in [0.29, 0.717) is 6.61 Å². The van der Waals surface area contributed by atoms with Gasteiger partial charge in [0.1, 0.15) is 12.4 Å². The molecule has 2 nitrogen and oxygen atoms in total. The largest absolute Gasteiger partial charge is 0.488 e. The summed E-state index contributed by atoms with van der Waals surface area (Å²) in [6.45, 7) is 4.20. The van der Waals surface area contributed by atoms with Crippen molar-refractivity contribution in [1.82, 2.24) is 0 Å². The Bertz CT molecular complexity index is 401. The quantitative estimate of drug-likeness (QED) is 0.921. The number of aliphatic hydroxyl groups is 1. The third kappa shape index (κ3) is 2.47. The van der Waals surface area contributed by atoms with Crippen LogP contribution in [-0.4, -0.2) is 11.7 Å². The van der Waals surface area contributed by atoms with E-state index in [2.05, 4.69) is 22.5 Å². The van der Waals surface area contributed by atoms with Gasteiger partial charge >= 0.3 is 0 Å². The highest BCUT2D eigenvalue weighted by Crippen LogP contribution is 2.35. The predicted octanol–water partition coefficient (Wildman–Crippen LogP) is 3.34. The summed E-state index contributed by atoms with van der Waals surface area (Å²) >= 11 is 3.27. The summed E-state index contributed by atoms with van der Waals surface area (Å²) < 4.78 is 6.48. The topological polar surface area (TPSA) is 29.5 Å². The van der Waals surface area contributed by atoms with Crippen molar-refractivity contribution in [3.63, 3.8) is 0 Å². The average Bonchev–Trinajstić information content (AvgIpc) is 2.27. The second-order valence-corrected chi connectivity index (χ2v) is 5.16. The molecule has 0 heterocycles. The van der Waals surface area contributed by atoms with Gasteiger partial charge in [0.25, 0.3) is 0 Å². The molecule has 86 valence electrons. The van der Waals surface area contributed by atoms with Crippen molar-refractivity contribution in [2.24, 2.45) is 0 Å². The van der Waals surface area contributed by atoms with Gasteiger partial charge in [-0.1, -0.05) is 34.6 Å². The monoisotopic (exact) mass is 282 g/mol. The minimum atomic E-state index is -0.334. The fourth-order valence-corrected chi connectivity index (χ4v) is 2.20. The Kier molecular flexibility index (Phi) is 3.66. The molecule has 0 spiro atoms. The molecule has 1 aromatic carbocycles. The summed E-state index contributed by atoms with van der Waals surface area (Å²) in [5, 5.41) is 9.88. The molecule has 0 saturated carbocycles. The molecule has 0 amide bonds. The highest BCUT2D eigenvalue weighted by Gasteiger charge is 2.20. The molecular formula is C13H15BrO2. The van der Waals surface area contributed by atoms with Crippen LogP contribution in [0.2, 0.25) is 0 Å². The van der Waals surface area contributed by atoms with E-state index in [1.807, 2.05) is 18.2 Å². The predicted molar refractivity (Wildman–Crippen MR) is 67.9 cm³/mol. The van der Waals surface area contributed by atoms with Crippen LogP contribution < -0.4 is 4.74 Å². The van der Waals surface area contributed by atoms with E-state index in [1.54, 1.807) is 0 Å². The molecule has 1 N–H and O–H groups in total. The minimum absolute atomic E-state index is 0.334. The molecular weight excluding hydrogens is 268 g/mol. The number of hydrogen-bond donors (Lipinski definition) is 1. The lowest BCUT2D eigenvalue weighted by molar-refractivity contribution is 0.155. The maximum atomic E-state index is 9.88. The number of hydrogen-bond acceptors (Lipinski definition) is 2. The molecule has 1 unspecified atom stereocenters. The Hall–Kier alpha value is -0.800. The van der Waals surface area contributed by atoms with E-state index in [-0.39, 0.29) is 6.10 Å². The maximum Gasteiger partial charge on any atom is 0.123 e. The first-order chi connectivity index (χ1) is 7.68. The molecule has 0 fully saturated rings. The summed E-state index contributed by atoms with van der Waals surface area (Å²) in [7, 11) is 0. The van der Waals surface area contributed by atoms with E-state index in [1.165, 1.54) is 0 Å². The molecule has 1 atom stereocenters. The molecule has 0 aromatic heterocycles. The zero-order chi connectivity index (χ0) is 11.5. The highest BCUT2D eigenvalue weighted by atomic mass is 79.9. The third-order valence-corrected chi connectivity index (χ3v) is 3.05. The van der Waals surface area contributed by atoms with E-state index in [9.17, 15) is 5.11 Å². The SMILES string of the molecule is C=C(Br)COc1cccc2c1CCCC2O. The van der Waals surface area contributed by atoms with Gasteiger partial charge < -0.3 is 9.84 Å². The van der Waals surface area contributed by atoms with Gasteiger partial charge in [0.15, 0.2) is 0 Å². The number of fused-ring (bicyclic) bond motifs is 1. The van der Waals surface area contributed by atoms with Gasteiger partial charge in [-0.05, 0) is 36.5 Å². The van der Waals surface area contributed by atoms with Crippen molar-refractivity contribution < 1.29 is 9.84 Å². The number of halogens is 1. The highest BCUT2D eigenvalue weighted by molar-refractivity contribution is 9.11. The average molecular weight is 283 g/mol. The Labute approximate surface area is 104 Å². The lowest BCUT2D eigenvalue weighted by atomic mass is 9.89. The van der Waals surface area contributed by atoms with Crippen LogP contribution in [0.5, 0.6) is 5.75 Å². The second kappa shape index (κ2) is 5.02. The molecule has 1 aromatic rings. The molecule has 0 aliphatic heterocycles. The van der Waals surface area contributed by atoms with Gasteiger partial charge in [-0.2, -0.15) is 0 Å².